The van der Waals surface area contributed by atoms with Crippen LogP contribution in [0.4, 0.5) is 0 Å². The third-order valence-electron chi connectivity index (χ3n) is 3.64. The number of hydrogen-bond donors (Lipinski definition) is 0. The molecule has 0 aliphatic carbocycles. The van der Waals surface area contributed by atoms with E-state index in [1.165, 1.54) is 0 Å². The lowest BCUT2D eigenvalue weighted by Gasteiger charge is -2.33. The third kappa shape index (κ3) is 3.76. The van der Waals surface area contributed by atoms with Gasteiger partial charge in [-0.05, 0) is 66.5 Å². The molecule has 1 fully saturated rings. The van der Waals surface area contributed by atoms with E-state index < -0.39 is 0 Å². The number of benzene rings is 1. The largest absolute Gasteiger partial charge is 0.339 e. The molecule has 1 heterocycles. The summed E-state index contributed by atoms with van der Waals surface area (Å²) in [6.07, 6.45) is 1.96. The van der Waals surface area contributed by atoms with Gasteiger partial charge in [-0.1, -0.05) is 11.6 Å². The topological polar surface area (TPSA) is 20.3 Å². The molecule has 1 saturated heterocycles. The highest BCUT2D eigenvalue weighted by Crippen LogP contribution is 2.26. The van der Waals surface area contributed by atoms with Gasteiger partial charge in [-0.3, -0.25) is 4.79 Å². The molecule has 2 rings (SSSR count). The van der Waals surface area contributed by atoms with Crippen molar-refractivity contribution in [2.24, 2.45) is 5.92 Å². The van der Waals surface area contributed by atoms with Gasteiger partial charge in [0.05, 0.1) is 5.02 Å². The maximum atomic E-state index is 12.4. The van der Waals surface area contributed by atoms with Gasteiger partial charge in [0.25, 0.3) is 5.91 Å². The van der Waals surface area contributed by atoms with Crippen LogP contribution < -0.4 is 0 Å². The maximum Gasteiger partial charge on any atom is 0.253 e. The number of carbonyl (C=O) groups is 1. The minimum Gasteiger partial charge on any atom is -0.339 e. The summed E-state index contributed by atoms with van der Waals surface area (Å²) in [5, 5.41) is 0.820. The molecule has 1 aliphatic rings. The van der Waals surface area contributed by atoms with E-state index in [4.69, 9.17) is 23.2 Å². The predicted molar refractivity (Wildman–Crippen MR) is 88.1 cm³/mol. The van der Waals surface area contributed by atoms with E-state index in [9.17, 15) is 4.79 Å². The number of amides is 1. The van der Waals surface area contributed by atoms with Gasteiger partial charge in [0.1, 0.15) is 0 Å². The summed E-state index contributed by atoms with van der Waals surface area (Å²) in [4.78, 5) is 14.3. The molecule has 1 atom stereocenters. The van der Waals surface area contributed by atoms with Crippen molar-refractivity contribution in [3.63, 3.8) is 0 Å². The zero-order valence-electron chi connectivity index (χ0n) is 10.7. The second kappa shape index (κ2) is 6.64. The first kappa shape index (κ1) is 15.4. The molecule has 0 spiro atoms. The normalized spacial score (nSPS) is 18.4. The van der Waals surface area contributed by atoms with Crippen molar-refractivity contribution >= 4 is 51.7 Å². The number of rotatable bonds is 2. The number of alkyl halides is 1. The molecule has 1 unspecified atom stereocenters. The Bertz CT molecular complexity index is 471. The van der Waals surface area contributed by atoms with Crippen LogP contribution in [0.3, 0.4) is 0 Å². The number of piperidine rings is 1. The Labute approximate surface area is 137 Å². The molecule has 1 amide bonds. The van der Waals surface area contributed by atoms with Crippen LogP contribution in [0.1, 0.15) is 30.1 Å². The van der Waals surface area contributed by atoms with Crippen molar-refractivity contribution in [1.29, 1.82) is 0 Å². The lowest BCUT2D eigenvalue weighted by atomic mass is 9.93. The van der Waals surface area contributed by atoms with E-state index in [-0.39, 0.29) is 11.3 Å². The highest BCUT2D eigenvalue weighted by Gasteiger charge is 2.26. The third-order valence-corrected chi connectivity index (χ3v) is 5.57. The molecule has 5 heteroatoms. The van der Waals surface area contributed by atoms with Crippen LogP contribution in [0.5, 0.6) is 0 Å². The molecule has 0 radical (unpaired) electrons. The van der Waals surface area contributed by atoms with Gasteiger partial charge in [-0.15, -0.1) is 11.6 Å². The van der Waals surface area contributed by atoms with Gasteiger partial charge in [0.2, 0.25) is 0 Å². The summed E-state index contributed by atoms with van der Waals surface area (Å²) in [5.74, 6) is 0.588. The molecule has 0 saturated carbocycles. The molecule has 19 heavy (non-hydrogen) atoms. The number of likely N-dealkylation sites (tertiary alicyclic amines) is 1. The Morgan fingerprint density at radius 2 is 2.05 bits per heavy atom. The first-order valence-corrected chi connectivity index (χ1v) is 8.26. The summed E-state index contributed by atoms with van der Waals surface area (Å²) < 4.78 is 0.963. The summed E-state index contributed by atoms with van der Waals surface area (Å²) in [7, 11) is 0. The minimum absolute atomic E-state index is 0.0685. The van der Waals surface area contributed by atoms with Gasteiger partial charge in [-0.25, -0.2) is 0 Å². The quantitative estimate of drug-likeness (QED) is 0.520. The monoisotopic (exact) mass is 411 g/mol. The first-order chi connectivity index (χ1) is 8.99. The van der Waals surface area contributed by atoms with Crippen molar-refractivity contribution < 1.29 is 4.79 Å². The van der Waals surface area contributed by atoms with E-state index in [2.05, 4.69) is 22.6 Å². The van der Waals surface area contributed by atoms with Crippen LogP contribution in [0, 0.1) is 9.49 Å². The average Bonchev–Trinajstić information content (AvgIpc) is 2.41. The Balaban J connectivity index is 2.03. The van der Waals surface area contributed by atoms with Crippen molar-refractivity contribution in [2.75, 3.05) is 13.1 Å². The van der Waals surface area contributed by atoms with E-state index in [0.717, 1.165) is 29.5 Å². The Morgan fingerprint density at radius 1 is 1.42 bits per heavy atom. The SMILES string of the molecule is CC(Cl)C1CCN(C(=O)c2ccc(I)c(Cl)c2)CC1. The Hall–Kier alpha value is -0.0000000000000000555. The van der Waals surface area contributed by atoms with Crippen molar-refractivity contribution in [3.8, 4) is 0 Å². The van der Waals surface area contributed by atoms with Gasteiger partial charge in [0, 0.05) is 27.6 Å². The first-order valence-electron chi connectivity index (χ1n) is 6.37. The van der Waals surface area contributed by atoms with Crippen molar-refractivity contribution in [2.45, 2.75) is 25.1 Å². The second-order valence-electron chi connectivity index (χ2n) is 4.94. The lowest BCUT2D eigenvalue weighted by Crippen LogP contribution is -2.40. The lowest BCUT2D eigenvalue weighted by molar-refractivity contribution is 0.0690. The molecule has 1 aromatic rings. The van der Waals surface area contributed by atoms with Crippen LogP contribution in [0.25, 0.3) is 0 Å². The standard InChI is InChI=1S/C14H16Cl2INO/c1-9(15)10-4-6-18(7-5-10)14(19)11-2-3-13(17)12(16)8-11/h2-3,8-10H,4-7H2,1H3. The van der Waals surface area contributed by atoms with Crippen LogP contribution >= 0.6 is 45.8 Å². The molecule has 1 aliphatic heterocycles. The molecule has 1 aromatic carbocycles. The molecule has 104 valence electrons. The summed E-state index contributed by atoms with van der Waals surface area (Å²) in [6.45, 7) is 3.59. The molecule has 0 aromatic heterocycles. The van der Waals surface area contributed by atoms with E-state index >= 15 is 0 Å². The van der Waals surface area contributed by atoms with E-state index in [1.54, 1.807) is 6.07 Å². The molecular formula is C14H16Cl2INO. The fraction of sp³-hybridized carbons (Fsp3) is 0.500. The molecule has 0 N–H and O–H groups in total. The van der Waals surface area contributed by atoms with Gasteiger partial charge < -0.3 is 4.90 Å². The zero-order valence-corrected chi connectivity index (χ0v) is 14.4. The molecule has 2 nitrogen and oxygen atoms in total. The van der Waals surface area contributed by atoms with Crippen LogP contribution in [0.2, 0.25) is 5.02 Å². The highest BCUT2D eigenvalue weighted by molar-refractivity contribution is 14.1. The fourth-order valence-corrected chi connectivity index (χ4v) is 3.14. The van der Waals surface area contributed by atoms with Crippen molar-refractivity contribution in [1.82, 2.24) is 4.90 Å². The Morgan fingerprint density at radius 3 is 2.58 bits per heavy atom. The smallest absolute Gasteiger partial charge is 0.253 e. The number of hydrogen-bond acceptors (Lipinski definition) is 1. The zero-order chi connectivity index (χ0) is 14.0. The van der Waals surface area contributed by atoms with Crippen molar-refractivity contribution in [3.05, 3.63) is 32.4 Å². The van der Waals surface area contributed by atoms with Crippen LogP contribution in [0.15, 0.2) is 18.2 Å². The number of halogens is 3. The average molecular weight is 412 g/mol. The van der Waals surface area contributed by atoms with Crippen LogP contribution in [-0.2, 0) is 0 Å². The predicted octanol–water partition coefficient (Wildman–Crippen LogP) is 4.42. The molecular weight excluding hydrogens is 396 g/mol. The van der Waals surface area contributed by atoms with Crippen LogP contribution in [-0.4, -0.2) is 29.3 Å². The second-order valence-corrected chi connectivity index (χ2v) is 7.19. The summed E-state index contributed by atoms with van der Waals surface area (Å²) >= 11 is 14.3. The van der Waals surface area contributed by atoms with Gasteiger partial charge in [-0.2, -0.15) is 0 Å². The highest BCUT2D eigenvalue weighted by atomic mass is 127. The minimum atomic E-state index is 0.0685. The van der Waals surface area contributed by atoms with E-state index in [1.807, 2.05) is 24.0 Å². The van der Waals surface area contributed by atoms with Gasteiger partial charge >= 0.3 is 0 Å². The molecule has 0 bridgehead atoms. The summed E-state index contributed by atoms with van der Waals surface area (Å²) in [6, 6.07) is 5.47. The summed E-state index contributed by atoms with van der Waals surface area (Å²) in [5.41, 5.74) is 0.669. The van der Waals surface area contributed by atoms with Gasteiger partial charge in [0.15, 0.2) is 0 Å². The maximum absolute atomic E-state index is 12.4. The Kier molecular flexibility index (Phi) is 5.37. The fourth-order valence-electron chi connectivity index (χ4n) is 2.37. The number of nitrogens with zero attached hydrogens (tertiary/aromatic N) is 1. The number of carbonyl (C=O) groups excluding carboxylic acids is 1. The van der Waals surface area contributed by atoms with E-state index in [0.29, 0.717) is 16.5 Å².